The van der Waals surface area contributed by atoms with Crippen molar-refractivity contribution in [3.05, 3.63) is 81.6 Å². The van der Waals surface area contributed by atoms with Crippen LogP contribution in [-0.2, 0) is 19.7 Å². The van der Waals surface area contributed by atoms with Crippen LogP contribution in [0.15, 0.2) is 54.7 Å². The van der Waals surface area contributed by atoms with Crippen LogP contribution in [0.3, 0.4) is 0 Å². The molecule has 1 aromatic heterocycles. The van der Waals surface area contributed by atoms with Crippen molar-refractivity contribution in [3.8, 4) is 5.75 Å². The summed E-state index contributed by atoms with van der Waals surface area (Å²) in [7, 11) is 1.79. The third kappa shape index (κ3) is 4.86. The van der Waals surface area contributed by atoms with Gasteiger partial charge in [0.15, 0.2) is 0 Å². The van der Waals surface area contributed by atoms with Crippen molar-refractivity contribution < 1.29 is 9.53 Å². The first kappa shape index (κ1) is 20.2. The molecule has 0 saturated carbocycles. The van der Waals surface area contributed by atoms with Crippen LogP contribution in [0.4, 0.5) is 0 Å². The Kier molecular flexibility index (Phi) is 6.60. The highest BCUT2D eigenvalue weighted by molar-refractivity contribution is 6.35. The van der Waals surface area contributed by atoms with E-state index < -0.39 is 0 Å². The van der Waals surface area contributed by atoms with Crippen LogP contribution in [0.5, 0.6) is 5.75 Å². The van der Waals surface area contributed by atoms with Gasteiger partial charge in [-0.2, -0.15) is 5.10 Å². The molecule has 0 aliphatic rings. The van der Waals surface area contributed by atoms with E-state index in [-0.39, 0.29) is 5.91 Å². The first-order chi connectivity index (χ1) is 13.5. The summed E-state index contributed by atoms with van der Waals surface area (Å²) in [5.41, 5.74) is 2.57. The van der Waals surface area contributed by atoms with Crippen molar-refractivity contribution in [2.75, 3.05) is 7.05 Å². The first-order valence-corrected chi connectivity index (χ1v) is 9.66. The van der Waals surface area contributed by atoms with Gasteiger partial charge in [-0.1, -0.05) is 35.3 Å². The molecule has 28 heavy (non-hydrogen) atoms. The number of carbonyl (C=O) groups excluding carboxylic acids is 1. The zero-order valence-electron chi connectivity index (χ0n) is 15.7. The summed E-state index contributed by atoms with van der Waals surface area (Å²) < 4.78 is 7.61. The molecule has 3 rings (SSSR count). The van der Waals surface area contributed by atoms with Crippen LogP contribution in [0.2, 0.25) is 10.0 Å². The second-order valence-corrected chi connectivity index (χ2v) is 7.20. The maximum atomic E-state index is 12.7. The molecule has 0 fully saturated rings. The third-order valence-electron chi connectivity index (χ3n) is 4.34. The largest absolute Gasteiger partial charge is 0.487 e. The summed E-state index contributed by atoms with van der Waals surface area (Å²) in [6.07, 6.45) is 1.75. The average molecular weight is 418 g/mol. The van der Waals surface area contributed by atoms with Gasteiger partial charge in [-0.3, -0.25) is 9.48 Å². The molecule has 0 unspecified atom stereocenters. The fraction of sp³-hybridized carbons (Fsp3) is 0.238. The fourth-order valence-corrected chi connectivity index (χ4v) is 3.27. The van der Waals surface area contributed by atoms with Gasteiger partial charge in [0.1, 0.15) is 12.4 Å². The summed E-state index contributed by atoms with van der Waals surface area (Å²) in [5, 5.41) is 5.26. The van der Waals surface area contributed by atoms with Gasteiger partial charge in [-0.25, -0.2) is 0 Å². The van der Waals surface area contributed by atoms with Gasteiger partial charge in [0.05, 0.1) is 17.3 Å². The summed E-state index contributed by atoms with van der Waals surface area (Å²) in [6.45, 7) is 3.65. The van der Waals surface area contributed by atoms with E-state index in [1.807, 2.05) is 29.8 Å². The van der Waals surface area contributed by atoms with Crippen molar-refractivity contribution >= 4 is 29.1 Å². The molecule has 0 N–H and O–H groups in total. The Bertz CT molecular complexity index is 955. The predicted molar refractivity (Wildman–Crippen MR) is 111 cm³/mol. The summed E-state index contributed by atoms with van der Waals surface area (Å²) in [6, 6.07) is 14.4. The highest BCUT2D eigenvalue weighted by Gasteiger charge is 2.14. The Hall–Kier alpha value is -2.50. The quantitative estimate of drug-likeness (QED) is 0.539. The number of amides is 1. The molecule has 0 radical (unpaired) electrons. The lowest BCUT2D eigenvalue weighted by Gasteiger charge is -2.18. The minimum absolute atomic E-state index is 0.0444. The first-order valence-electron chi connectivity index (χ1n) is 8.91. The number of aromatic nitrogens is 2. The number of carbonyl (C=O) groups is 1. The smallest absolute Gasteiger partial charge is 0.253 e. The Morgan fingerprint density at radius 1 is 1.14 bits per heavy atom. The minimum Gasteiger partial charge on any atom is -0.487 e. The molecule has 0 aliphatic heterocycles. The van der Waals surface area contributed by atoms with Gasteiger partial charge >= 0.3 is 0 Å². The number of benzene rings is 2. The molecule has 2 aromatic carbocycles. The lowest BCUT2D eigenvalue weighted by atomic mass is 10.1. The van der Waals surface area contributed by atoms with Crippen LogP contribution in [0.25, 0.3) is 0 Å². The van der Waals surface area contributed by atoms with Crippen LogP contribution in [0, 0.1) is 0 Å². The molecule has 1 heterocycles. The molecule has 1 amide bonds. The molecule has 3 aromatic rings. The summed E-state index contributed by atoms with van der Waals surface area (Å²) in [4.78, 5) is 14.4. The molecule has 0 aliphatic carbocycles. The number of rotatable bonds is 7. The van der Waals surface area contributed by atoms with Gasteiger partial charge in [-0.15, -0.1) is 0 Å². The lowest BCUT2D eigenvalue weighted by Crippen LogP contribution is -2.27. The van der Waals surface area contributed by atoms with E-state index in [1.165, 1.54) is 0 Å². The zero-order valence-corrected chi connectivity index (χ0v) is 17.2. The van der Waals surface area contributed by atoms with Crippen LogP contribution >= 0.6 is 23.2 Å². The number of ether oxygens (including phenoxy) is 1. The molecule has 5 nitrogen and oxygen atoms in total. The van der Waals surface area contributed by atoms with E-state index >= 15 is 0 Å². The predicted octanol–water partition coefficient (Wildman–Crippen LogP) is 5.06. The van der Waals surface area contributed by atoms with Crippen molar-refractivity contribution in [1.29, 1.82) is 0 Å². The van der Waals surface area contributed by atoms with Crippen LogP contribution in [0.1, 0.15) is 28.5 Å². The highest BCUT2D eigenvalue weighted by Crippen LogP contribution is 2.28. The molecule has 146 valence electrons. The van der Waals surface area contributed by atoms with E-state index in [4.69, 9.17) is 27.9 Å². The van der Waals surface area contributed by atoms with E-state index in [9.17, 15) is 4.79 Å². The van der Waals surface area contributed by atoms with Crippen LogP contribution < -0.4 is 4.74 Å². The number of hydrogen-bond acceptors (Lipinski definition) is 3. The standard InChI is InChI=1S/C21H21Cl2N3O2/c1-3-26-18(10-11-24-26)13-25(2)21(27)16-6-4-15(5-7-16)14-28-20-9-8-17(22)12-19(20)23/h4-12H,3,13-14H2,1-2H3. The Morgan fingerprint density at radius 2 is 1.89 bits per heavy atom. The molecule has 0 saturated heterocycles. The van der Waals surface area contributed by atoms with Crippen molar-refractivity contribution in [1.82, 2.24) is 14.7 Å². The molecule has 0 spiro atoms. The minimum atomic E-state index is -0.0444. The molecule has 0 bridgehead atoms. The highest BCUT2D eigenvalue weighted by atomic mass is 35.5. The lowest BCUT2D eigenvalue weighted by molar-refractivity contribution is 0.0781. The third-order valence-corrected chi connectivity index (χ3v) is 4.87. The van der Waals surface area contributed by atoms with E-state index in [2.05, 4.69) is 5.10 Å². The van der Waals surface area contributed by atoms with Gasteiger partial charge in [0, 0.05) is 30.4 Å². The van der Waals surface area contributed by atoms with Gasteiger partial charge < -0.3 is 9.64 Å². The van der Waals surface area contributed by atoms with Gasteiger partial charge in [0.25, 0.3) is 5.91 Å². The maximum absolute atomic E-state index is 12.7. The Morgan fingerprint density at radius 3 is 2.57 bits per heavy atom. The number of nitrogens with zero attached hydrogens (tertiary/aromatic N) is 3. The van der Waals surface area contributed by atoms with Crippen molar-refractivity contribution in [2.45, 2.75) is 26.6 Å². The molecular formula is C21H21Cl2N3O2. The van der Waals surface area contributed by atoms with E-state index in [1.54, 1.807) is 48.5 Å². The van der Waals surface area contributed by atoms with E-state index in [0.717, 1.165) is 17.8 Å². The number of aryl methyl sites for hydroxylation is 1. The van der Waals surface area contributed by atoms with Crippen molar-refractivity contribution in [2.24, 2.45) is 0 Å². The monoisotopic (exact) mass is 417 g/mol. The van der Waals surface area contributed by atoms with Gasteiger partial charge in [0.2, 0.25) is 0 Å². The molecular weight excluding hydrogens is 397 g/mol. The maximum Gasteiger partial charge on any atom is 0.253 e. The Labute approximate surface area is 174 Å². The normalized spacial score (nSPS) is 10.7. The summed E-state index contributed by atoms with van der Waals surface area (Å²) in [5.74, 6) is 0.524. The van der Waals surface area contributed by atoms with Crippen LogP contribution in [-0.4, -0.2) is 27.6 Å². The average Bonchev–Trinajstić information content (AvgIpc) is 3.14. The summed E-state index contributed by atoms with van der Waals surface area (Å²) >= 11 is 12.0. The Balaban J connectivity index is 1.60. The number of halogens is 2. The second-order valence-electron chi connectivity index (χ2n) is 6.36. The van der Waals surface area contributed by atoms with E-state index in [0.29, 0.717) is 34.5 Å². The second kappa shape index (κ2) is 9.13. The topological polar surface area (TPSA) is 47.4 Å². The zero-order chi connectivity index (χ0) is 20.1. The molecule has 0 atom stereocenters. The van der Waals surface area contributed by atoms with Crippen molar-refractivity contribution in [3.63, 3.8) is 0 Å². The number of hydrogen-bond donors (Lipinski definition) is 0. The fourth-order valence-electron chi connectivity index (χ4n) is 2.81. The van der Waals surface area contributed by atoms with Gasteiger partial charge in [-0.05, 0) is 48.9 Å². The molecule has 7 heteroatoms. The SMILES string of the molecule is CCn1nccc1CN(C)C(=O)c1ccc(COc2ccc(Cl)cc2Cl)cc1.